The summed E-state index contributed by atoms with van der Waals surface area (Å²) >= 11 is 0. The van der Waals surface area contributed by atoms with Crippen molar-refractivity contribution >= 4 is 0 Å². The van der Waals surface area contributed by atoms with Gasteiger partial charge in [-0.05, 0) is 54.1 Å². The number of phenols is 2. The Morgan fingerprint density at radius 1 is 1.14 bits per heavy atom. The molecular weight excluding hydrogens is 273 g/mol. The summed E-state index contributed by atoms with van der Waals surface area (Å²) in [6.45, 7) is 4.44. The molecule has 2 aromatic rings. The smallest absolute Gasteiger partial charge is 0.165 e. The first-order valence-corrected chi connectivity index (χ1v) is 8.10. The van der Waals surface area contributed by atoms with Crippen LogP contribution < -0.4 is 0 Å². The molecule has 114 valence electrons. The standard InChI is InChI=1S/C19H21NO2/c1-2-9-20-10-8-12-4-3-5-14-17(12)15(20)11-13-6-7-16(21)19(22)18(13)14/h3-7,15,21-22H,2,8-11H2,1H3/t15-/m1/s1/i9-1. The maximum atomic E-state index is 10.4. The van der Waals surface area contributed by atoms with Crippen molar-refractivity contribution in [3.05, 3.63) is 47.0 Å². The summed E-state index contributed by atoms with van der Waals surface area (Å²) < 4.78 is 0. The molecule has 3 heteroatoms. The lowest BCUT2D eigenvalue weighted by Crippen LogP contribution is -2.38. The van der Waals surface area contributed by atoms with Gasteiger partial charge in [0.1, 0.15) is 0 Å². The number of hydrogen-bond donors (Lipinski definition) is 2. The molecule has 1 heterocycles. The van der Waals surface area contributed by atoms with Crippen molar-refractivity contribution in [3.8, 4) is 22.6 Å². The molecule has 0 saturated heterocycles. The summed E-state index contributed by atoms with van der Waals surface area (Å²) in [7, 11) is 0. The largest absolute Gasteiger partial charge is 0.504 e. The van der Waals surface area contributed by atoms with Crippen LogP contribution in [0.15, 0.2) is 30.3 Å². The Balaban J connectivity index is 1.95. The highest BCUT2D eigenvalue weighted by Crippen LogP contribution is 2.50. The number of nitrogens with zero attached hydrogens (tertiary/aromatic N) is 1. The lowest BCUT2D eigenvalue weighted by Gasteiger charge is -2.41. The predicted molar refractivity (Wildman–Crippen MR) is 87.2 cm³/mol. The van der Waals surface area contributed by atoms with Gasteiger partial charge in [-0.2, -0.15) is 0 Å². The van der Waals surface area contributed by atoms with Crippen LogP contribution in [0.5, 0.6) is 11.5 Å². The summed E-state index contributed by atoms with van der Waals surface area (Å²) in [5, 5.41) is 20.2. The summed E-state index contributed by atoms with van der Waals surface area (Å²) in [5.74, 6) is -0.00649. The molecule has 0 bridgehead atoms. The summed E-state index contributed by atoms with van der Waals surface area (Å²) in [4.78, 5) is 2.57. The molecular formula is C19H21NO2. The quantitative estimate of drug-likeness (QED) is 0.831. The van der Waals surface area contributed by atoms with E-state index in [4.69, 9.17) is 0 Å². The second-order valence-electron chi connectivity index (χ2n) is 6.35. The van der Waals surface area contributed by atoms with Gasteiger partial charge in [-0.25, -0.2) is 0 Å². The average Bonchev–Trinajstić information content (AvgIpc) is 2.53. The second-order valence-corrected chi connectivity index (χ2v) is 6.35. The molecule has 0 amide bonds. The van der Waals surface area contributed by atoms with E-state index in [2.05, 4.69) is 30.0 Å². The van der Waals surface area contributed by atoms with Crippen LogP contribution in [0.4, 0.5) is 0 Å². The molecule has 0 spiro atoms. The number of benzene rings is 2. The highest BCUT2D eigenvalue weighted by atomic mass is 16.3. The minimum Gasteiger partial charge on any atom is -0.504 e. The Labute approximate surface area is 130 Å². The van der Waals surface area contributed by atoms with Crippen molar-refractivity contribution in [2.45, 2.75) is 32.2 Å². The summed E-state index contributed by atoms with van der Waals surface area (Å²) in [6.07, 6.45) is 3.13. The van der Waals surface area contributed by atoms with Crippen molar-refractivity contribution in [1.82, 2.24) is 4.90 Å². The molecule has 0 radical (unpaired) electrons. The van der Waals surface area contributed by atoms with Crippen LogP contribution in [0.1, 0.15) is 36.1 Å². The number of rotatable bonds is 2. The third-order valence-corrected chi connectivity index (χ3v) is 5.08. The molecule has 0 fully saturated rings. The first-order chi connectivity index (χ1) is 10.7. The Hall–Kier alpha value is -2.00. The van der Waals surface area contributed by atoms with E-state index < -0.39 is 0 Å². The van der Waals surface area contributed by atoms with Gasteiger partial charge in [0, 0.05) is 18.2 Å². The Morgan fingerprint density at radius 3 is 2.82 bits per heavy atom. The summed E-state index contributed by atoms with van der Waals surface area (Å²) in [5.41, 5.74) is 5.80. The molecule has 4 rings (SSSR count). The van der Waals surface area contributed by atoms with Gasteiger partial charge in [-0.1, -0.05) is 31.2 Å². The van der Waals surface area contributed by atoms with Crippen molar-refractivity contribution in [1.29, 1.82) is 0 Å². The molecule has 22 heavy (non-hydrogen) atoms. The fourth-order valence-corrected chi connectivity index (χ4v) is 4.13. The van der Waals surface area contributed by atoms with Crippen molar-refractivity contribution in [2.24, 2.45) is 0 Å². The lowest BCUT2D eigenvalue weighted by molar-refractivity contribution is 0.183. The minimum atomic E-state index is -0.0315. The van der Waals surface area contributed by atoms with E-state index >= 15 is 0 Å². The minimum absolute atomic E-state index is 0.0250. The van der Waals surface area contributed by atoms with Crippen LogP contribution in [0.3, 0.4) is 0 Å². The van der Waals surface area contributed by atoms with Crippen LogP contribution in [-0.4, -0.2) is 28.2 Å². The van der Waals surface area contributed by atoms with Crippen molar-refractivity contribution in [2.75, 3.05) is 13.1 Å². The first-order valence-electron chi connectivity index (χ1n) is 8.10. The van der Waals surface area contributed by atoms with E-state index in [0.29, 0.717) is 6.04 Å². The van der Waals surface area contributed by atoms with Gasteiger partial charge < -0.3 is 10.2 Å². The van der Waals surface area contributed by atoms with Crippen molar-refractivity contribution in [3.63, 3.8) is 0 Å². The molecule has 1 atom stereocenters. The van der Waals surface area contributed by atoms with Gasteiger partial charge in [0.25, 0.3) is 0 Å². The number of fused-ring (bicyclic) bond motifs is 2. The van der Waals surface area contributed by atoms with Crippen LogP contribution >= 0.6 is 0 Å². The van der Waals surface area contributed by atoms with E-state index in [1.807, 2.05) is 6.07 Å². The Morgan fingerprint density at radius 2 is 2.00 bits per heavy atom. The lowest BCUT2D eigenvalue weighted by atomic mass is 9.74. The molecule has 1 aliphatic carbocycles. The van der Waals surface area contributed by atoms with Gasteiger partial charge in [0.05, 0.1) is 0 Å². The van der Waals surface area contributed by atoms with E-state index in [9.17, 15) is 10.2 Å². The maximum Gasteiger partial charge on any atom is 0.165 e. The molecule has 2 N–H and O–H groups in total. The van der Waals surface area contributed by atoms with E-state index in [1.165, 1.54) is 11.1 Å². The van der Waals surface area contributed by atoms with Gasteiger partial charge in [0.2, 0.25) is 0 Å². The topological polar surface area (TPSA) is 43.7 Å². The second kappa shape index (κ2) is 5.03. The zero-order valence-corrected chi connectivity index (χ0v) is 12.8. The first kappa shape index (κ1) is 13.6. The van der Waals surface area contributed by atoms with Gasteiger partial charge in [0.15, 0.2) is 11.5 Å². The number of hydrogen-bond acceptors (Lipinski definition) is 3. The van der Waals surface area contributed by atoms with Crippen molar-refractivity contribution < 1.29 is 10.2 Å². The molecule has 3 nitrogen and oxygen atoms in total. The van der Waals surface area contributed by atoms with E-state index in [-0.39, 0.29) is 11.5 Å². The Kier molecular flexibility index (Phi) is 3.12. The van der Waals surface area contributed by atoms with E-state index in [0.717, 1.165) is 49.0 Å². The average molecular weight is 294 g/mol. The molecule has 2 aliphatic rings. The maximum absolute atomic E-state index is 10.4. The summed E-state index contributed by atoms with van der Waals surface area (Å²) in [6, 6.07) is 10.3. The highest BCUT2D eigenvalue weighted by molar-refractivity contribution is 5.82. The number of aromatic hydroxyl groups is 2. The van der Waals surface area contributed by atoms with Crippen LogP contribution in [0.25, 0.3) is 11.1 Å². The third kappa shape index (κ3) is 1.85. The molecule has 2 aromatic carbocycles. The van der Waals surface area contributed by atoms with Crippen LogP contribution in [0.2, 0.25) is 0 Å². The Bertz CT molecular complexity index is 738. The van der Waals surface area contributed by atoms with Crippen LogP contribution in [0, 0.1) is 0 Å². The highest BCUT2D eigenvalue weighted by Gasteiger charge is 2.35. The number of phenolic OH excluding ortho intramolecular Hbond substituents is 2. The molecule has 0 unspecified atom stereocenters. The zero-order chi connectivity index (χ0) is 15.3. The van der Waals surface area contributed by atoms with Gasteiger partial charge in [-0.3, -0.25) is 4.90 Å². The van der Waals surface area contributed by atoms with Gasteiger partial charge in [-0.15, -0.1) is 0 Å². The predicted octanol–water partition coefficient (Wildman–Crippen LogP) is 3.63. The molecule has 0 saturated carbocycles. The third-order valence-electron chi connectivity index (χ3n) is 5.08. The SMILES string of the molecule is CC[11CH2]N1CCc2cccc3c2[C@H]1Cc1ccc(O)c(O)c1-3. The fourth-order valence-electron chi connectivity index (χ4n) is 4.13. The molecule has 0 aromatic heterocycles. The monoisotopic (exact) mass is 294 g/mol. The zero-order valence-electron chi connectivity index (χ0n) is 12.8. The van der Waals surface area contributed by atoms with Crippen LogP contribution in [-0.2, 0) is 12.8 Å². The van der Waals surface area contributed by atoms with Gasteiger partial charge >= 0.3 is 0 Å². The van der Waals surface area contributed by atoms with E-state index in [1.54, 1.807) is 6.07 Å². The fraction of sp³-hybridized carbons (Fsp3) is 0.368. The normalized spacial score (nSPS) is 19.6. The molecule has 1 aliphatic heterocycles.